The van der Waals surface area contributed by atoms with Crippen molar-refractivity contribution < 1.29 is 14.3 Å². The first-order chi connectivity index (χ1) is 14.0. The lowest BCUT2D eigenvalue weighted by Crippen LogP contribution is -2.20. The van der Waals surface area contributed by atoms with Crippen molar-refractivity contribution in [1.82, 2.24) is 10.3 Å². The highest BCUT2D eigenvalue weighted by molar-refractivity contribution is 7.13. The van der Waals surface area contributed by atoms with Crippen LogP contribution in [0.4, 0.5) is 10.8 Å². The molecule has 0 atom stereocenters. The van der Waals surface area contributed by atoms with Crippen LogP contribution < -0.4 is 15.4 Å². The van der Waals surface area contributed by atoms with E-state index in [9.17, 15) is 9.59 Å². The van der Waals surface area contributed by atoms with Gasteiger partial charge in [0.25, 0.3) is 0 Å². The lowest BCUT2D eigenvalue weighted by molar-refractivity contribution is -0.116. The number of hydrogen-bond donors (Lipinski definition) is 2. The first-order valence-corrected chi connectivity index (χ1v) is 9.84. The molecular weight excluding hydrogens is 386 g/mol. The zero-order valence-electron chi connectivity index (χ0n) is 16.1. The molecule has 3 rings (SSSR count). The van der Waals surface area contributed by atoms with Gasteiger partial charge in [-0.3, -0.25) is 9.59 Å². The molecular formula is C22H21N3O3S. The monoisotopic (exact) mass is 407 g/mol. The Hall–Kier alpha value is -3.45. The minimum atomic E-state index is -0.199. The first kappa shape index (κ1) is 20.3. The zero-order valence-corrected chi connectivity index (χ0v) is 17.0. The number of methoxy groups -OCH3 is 1. The Morgan fingerprint density at radius 1 is 1.17 bits per heavy atom. The standard InChI is InChI=1S/C22H21N3O3S/c1-15(26)17-7-9-18(10-8-17)24-22-25-19(14-29-22)13-23-21(27)11-6-16-4-3-5-20(12-16)28-2/h3-12,14H,13H2,1-2H3,(H,23,27)(H,24,25)/b11-6+. The highest BCUT2D eigenvalue weighted by atomic mass is 32.1. The van der Waals surface area contributed by atoms with E-state index in [-0.39, 0.29) is 11.7 Å². The van der Waals surface area contributed by atoms with Crippen molar-refractivity contribution in [3.8, 4) is 5.75 Å². The predicted molar refractivity (Wildman–Crippen MR) is 116 cm³/mol. The molecule has 0 aliphatic heterocycles. The number of nitrogens with zero attached hydrogens (tertiary/aromatic N) is 1. The van der Waals surface area contributed by atoms with Gasteiger partial charge in [0.2, 0.25) is 5.91 Å². The van der Waals surface area contributed by atoms with E-state index in [0.717, 1.165) is 27.8 Å². The molecule has 0 bridgehead atoms. The summed E-state index contributed by atoms with van der Waals surface area (Å²) in [6.07, 6.45) is 3.22. The van der Waals surface area contributed by atoms with Crippen molar-refractivity contribution in [2.45, 2.75) is 13.5 Å². The Bertz CT molecular complexity index is 1030. The fraction of sp³-hybridized carbons (Fsp3) is 0.136. The molecule has 2 N–H and O–H groups in total. The molecule has 0 aliphatic carbocycles. The number of amides is 1. The van der Waals surface area contributed by atoms with Gasteiger partial charge in [0.05, 0.1) is 19.3 Å². The van der Waals surface area contributed by atoms with Gasteiger partial charge in [0, 0.05) is 22.7 Å². The molecule has 1 heterocycles. The number of rotatable bonds is 8. The third-order valence-corrected chi connectivity index (χ3v) is 4.87. The Morgan fingerprint density at radius 2 is 1.97 bits per heavy atom. The molecule has 6 nitrogen and oxygen atoms in total. The Labute approximate surface area is 173 Å². The second-order valence-electron chi connectivity index (χ2n) is 6.23. The molecule has 0 radical (unpaired) electrons. The van der Waals surface area contributed by atoms with E-state index in [0.29, 0.717) is 12.1 Å². The van der Waals surface area contributed by atoms with Crippen LogP contribution in [-0.4, -0.2) is 23.8 Å². The Morgan fingerprint density at radius 3 is 2.69 bits per heavy atom. The molecule has 0 aliphatic rings. The number of Topliss-reactive ketones (excluding diaryl/α,β-unsaturated/α-hetero) is 1. The van der Waals surface area contributed by atoms with Crippen LogP contribution >= 0.6 is 11.3 Å². The molecule has 0 unspecified atom stereocenters. The maximum absolute atomic E-state index is 12.0. The normalized spacial score (nSPS) is 10.7. The van der Waals surface area contributed by atoms with Crippen LogP contribution in [0.2, 0.25) is 0 Å². The average molecular weight is 407 g/mol. The van der Waals surface area contributed by atoms with Gasteiger partial charge in [0.1, 0.15) is 5.75 Å². The van der Waals surface area contributed by atoms with Crippen molar-refractivity contribution in [2.24, 2.45) is 0 Å². The quantitative estimate of drug-likeness (QED) is 0.427. The third-order valence-electron chi connectivity index (χ3n) is 4.06. The number of ether oxygens (including phenoxy) is 1. The van der Waals surface area contributed by atoms with Crippen molar-refractivity contribution in [2.75, 3.05) is 12.4 Å². The summed E-state index contributed by atoms with van der Waals surface area (Å²) in [4.78, 5) is 27.8. The summed E-state index contributed by atoms with van der Waals surface area (Å²) in [5.41, 5.74) is 3.16. The minimum absolute atomic E-state index is 0.0317. The minimum Gasteiger partial charge on any atom is -0.497 e. The van der Waals surface area contributed by atoms with Gasteiger partial charge in [-0.2, -0.15) is 0 Å². The van der Waals surface area contributed by atoms with Crippen molar-refractivity contribution in [1.29, 1.82) is 0 Å². The maximum atomic E-state index is 12.0. The molecule has 29 heavy (non-hydrogen) atoms. The van der Waals surface area contributed by atoms with Crippen LogP contribution in [0.5, 0.6) is 5.75 Å². The summed E-state index contributed by atoms with van der Waals surface area (Å²) >= 11 is 1.45. The van der Waals surface area contributed by atoms with Gasteiger partial charge in [-0.1, -0.05) is 12.1 Å². The zero-order chi connectivity index (χ0) is 20.6. The van der Waals surface area contributed by atoms with E-state index in [1.54, 1.807) is 25.3 Å². The van der Waals surface area contributed by atoms with Gasteiger partial charge in [-0.15, -0.1) is 11.3 Å². The summed E-state index contributed by atoms with van der Waals surface area (Å²) in [5.74, 6) is 0.574. The van der Waals surface area contributed by atoms with Crippen molar-refractivity contribution in [3.63, 3.8) is 0 Å². The number of ketones is 1. The van der Waals surface area contributed by atoms with E-state index in [4.69, 9.17) is 4.74 Å². The first-order valence-electron chi connectivity index (χ1n) is 8.96. The maximum Gasteiger partial charge on any atom is 0.244 e. The van der Waals surface area contributed by atoms with Crippen molar-refractivity contribution in [3.05, 3.63) is 76.8 Å². The Kier molecular flexibility index (Phi) is 6.76. The van der Waals surface area contributed by atoms with Gasteiger partial charge in [-0.25, -0.2) is 4.98 Å². The molecule has 0 saturated carbocycles. The summed E-state index contributed by atoms with van der Waals surface area (Å²) in [6.45, 7) is 1.87. The van der Waals surface area contributed by atoms with E-state index in [2.05, 4.69) is 15.6 Å². The molecule has 148 valence electrons. The third kappa shape index (κ3) is 6.02. The molecule has 2 aromatic carbocycles. The van der Waals surface area contributed by atoms with Crippen LogP contribution in [0.3, 0.4) is 0 Å². The number of aromatic nitrogens is 1. The fourth-order valence-corrected chi connectivity index (χ4v) is 3.24. The number of nitrogens with one attached hydrogen (secondary N) is 2. The molecule has 0 saturated heterocycles. The second kappa shape index (κ2) is 9.66. The van der Waals surface area contributed by atoms with E-state index in [1.807, 2.05) is 41.8 Å². The number of carbonyl (C=O) groups is 2. The van der Waals surface area contributed by atoms with E-state index >= 15 is 0 Å². The molecule has 1 amide bonds. The van der Waals surface area contributed by atoms with Gasteiger partial charge in [0.15, 0.2) is 10.9 Å². The van der Waals surface area contributed by atoms with Gasteiger partial charge >= 0.3 is 0 Å². The number of anilines is 2. The van der Waals surface area contributed by atoms with Gasteiger partial charge < -0.3 is 15.4 Å². The SMILES string of the molecule is COc1cccc(/C=C/C(=O)NCc2csc(Nc3ccc(C(C)=O)cc3)n2)c1. The number of thiazole rings is 1. The van der Waals surface area contributed by atoms with Crippen LogP contribution in [-0.2, 0) is 11.3 Å². The average Bonchev–Trinajstić information content (AvgIpc) is 3.18. The van der Waals surface area contributed by atoms with Crippen LogP contribution in [0.15, 0.2) is 60.0 Å². The number of carbonyl (C=O) groups excluding carboxylic acids is 2. The summed E-state index contributed by atoms with van der Waals surface area (Å²) < 4.78 is 5.17. The molecule has 0 spiro atoms. The lowest BCUT2D eigenvalue weighted by Gasteiger charge is -2.03. The molecule has 3 aromatic rings. The summed E-state index contributed by atoms with van der Waals surface area (Å²) in [6, 6.07) is 14.7. The van der Waals surface area contributed by atoms with Crippen LogP contribution in [0.25, 0.3) is 6.08 Å². The molecule has 1 aromatic heterocycles. The Balaban J connectivity index is 1.51. The predicted octanol–water partition coefficient (Wildman–Crippen LogP) is 4.43. The number of hydrogen-bond acceptors (Lipinski definition) is 6. The highest BCUT2D eigenvalue weighted by Gasteiger charge is 2.05. The van der Waals surface area contributed by atoms with E-state index < -0.39 is 0 Å². The van der Waals surface area contributed by atoms with E-state index in [1.165, 1.54) is 24.3 Å². The highest BCUT2D eigenvalue weighted by Crippen LogP contribution is 2.21. The topological polar surface area (TPSA) is 80.3 Å². The second-order valence-corrected chi connectivity index (χ2v) is 7.09. The van der Waals surface area contributed by atoms with Gasteiger partial charge in [-0.05, 0) is 55.0 Å². The summed E-state index contributed by atoms with van der Waals surface area (Å²) in [5, 5.41) is 8.62. The summed E-state index contributed by atoms with van der Waals surface area (Å²) in [7, 11) is 1.60. The lowest BCUT2D eigenvalue weighted by atomic mass is 10.1. The fourth-order valence-electron chi connectivity index (χ4n) is 2.51. The molecule has 0 fully saturated rings. The smallest absolute Gasteiger partial charge is 0.244 e. The largest absolute Gasteiger partial charge is 0.497 e. The number of benzene rings is 2. The van der Waals surface area contributed by atoms with Crippen molar-refractivity contribution >= 4 is 39.9 Å². The van der Waals surface area contributed by atoms with Crippen LogP contribution in [0.1, 0.15) is 28.5 Å². The van der Waals surface area contributed by atoms with Crippen LogP contribution in [0, 0.1) is 0 Å². The molecule has 7 heteroatoms.